The van der Waals surface area contributed by atoms with Gasteiger partial charge in [0, 0.05) is 0 Å². The lowest BCUT2D eigenvalue weighted by atomic mass is 10.2. The highest BCUT2D eigenvalue weighted by molar-refractivity contribution is 7.92. The Hall–Kier alpha value is 0.0500. The van der Waals surface area contributed by atoms with E-state index in [0.29, 0.717) is 5.25 Å². The van der Waals surface area contributed by atoms with E-state index in [1.54, 1.807) is 0 Å². The Kier molecular flexibility index (Phi) is 8.40. The highest BCUT2D eigenvalue weighted by atomic mass is 32.2. The summed E-state index contributed by atoms with van der Waals surface area (Å²) in [5.74, 6) is 0.763. The van der Waals surface area contributed by atoms with E-state index in [0.717, 1.165) is 18.6 Å². The van der Waals surface area contributed by atoms with Crippen LogP contribution in [0.5, 0.6) is 0 Å². The minimum absolute atomic E-state index is 0.338. The van der Waals surface area contributed by atoms with Crippen LogP contribution in [0.15, 0.2) is 11.6 Å². The summed E-state index contributed by atoms with van der Waals surface area (Å²) in [5, 5.41) is 0.338. The van der Waals surface area contributed by atoms with E-state index in [2.05, 4.69) is 33.8 Å². The molecule has 0 heterocycles. The Labute approximate surface area is 92.2 Å². The molecule has 0 aliphatic heterocycles. The molecule has 0 aromatic carbocycles. The van der Waals surface area contributed by atoms with Gasteiger partial charge in [0.1, 0.15) is 11.0 Å². The van der Waals surface area contributed by atoms with Crippen molar-refractivity contribution in [1.29, 1.82) is 0 Å². The van der Waals surface area contributed by atoms with E-state index in [1.165, 1.54) is 18.4 Å². The summed E-state index contributed by atoms with van der Waals surface area (Å²) in [6.45, 7) is 8.45. The van der Waals surface area contributed by atoms with Crippen LogP contribution in [0.25, 0.3) is 0 Å². The van der Waals surface area contributed by atoms with Gasteiger partial charge >= 0.3 is 0 Å². The number of allylic oxidation sites excluding steroid dienone is 1. The summed E-state index contributed by atoms with van der Waals surface area (Å²) in [4.78, 5) is 0. The predicted octanol–water partition coefficient (Wildman–Crippen LogP) is 3.67. The van der Waals surface area contributed by atoms with Crippen molar-refractivity contribution < 1.29 is 4.55 Å². The maximum Gasteiger partial charge on any atom is 0.126 e. The third kappa shape index (κ3) is 6.50. The zero-order valence-corrected chi connectivity index (χ0v) is 10.8. The van der Waals surface area contributed by atoms with Gasteiger partial charge in [0.15, 0.2) is 0 Å². The lowest BCUT2D eigenvalue weighted by Crippen LogP contribution is -2.20. The first kappa shape index (κ1) is 14.1. The van der Waals surface area contributed by atoms with Gasteiger partial charge in [-0.1, -0.05) is 32.8 Å². The molecule has 2 atom stereocenters. The first-order chi connectivity index (χ1) is 6.61. The second-order valence-electron chi connectivity index (χ2n) is 3.94. The largest absolute Gasteiger partial charge is 0.616 e. The Morgan fingerprint density at radius 2 is 2.07 bits per heavy atom. The minimum atomic E-state index is -0.669. The van der Waals surface area contributed by atoms with Gasteiger partial charge < -0.3 is 4.55 Å². The average molecular weight is 216 g/mol. The summed E-state index contributed by atoms with van der Waals surface area (Å²) < 4.78 is 11.7. The van der Waals surface area contributed by atoms with Crippen molar-refractivity contribution in [1.82, 2.24) is 0 Å². The normalized spacial score (nSPS) is 16.8. The van der Waals surface area contributed by atoms with Crippen molar-refractivity contribution in [2.75, 3.05) is 5.75 Å². The van der Waals surface area contributed by atoms with Gasteiger partial charge in [-0.05, 0) is 43.4 Å². The monoisotopic (exact) mass is 216 g/mol. The molecule has 1 nitrogen and oxygen atoms in total. The van der Waals surface area contributed by atoms with Crippen LogP contribution in [-0.2, 0) is 11.2 Å². The second-order valence-corrected chi connectivity index (χ2v) is 5.79. The summed E-state index contributed by atoms with van der Waals surface area (Å²) in [7, 11) is 0. The fourth-order valence-corrected chi connectivity index (χ4v) is 2.39. The van der Waals surface area contributed by atoms with Crippen molar-refractivity contribution in [3.63, 3.8) is 0 Å². The van der Waals surface area contributed by atoms with E-state index < -0.39 is 11.2 Å². The first-order valence-corrected chi connectivity index (χ1v) is 7.02. The van der Waals surface area contributed by atoms with E-state index in [-0.39, 0.29) is 0 Å². The van der Waals surface area contributed by atoms with Gasteiger partial charge in [0.2, 0.25) is 0 Å². The van der Waals surface area contributed by atoms with E-state index in [9.17, 15) is 4.55 Å². The summed E-state index contributed by atoms with van der Waals surface area (Å²) >= 11 is -0.669. The number of unbranched alkanes of at least 4 members (excludes halogenated alkanes) is 2. The summed E-state index contributed by atoms with van der Waals surface area (Å²) in [6, 6.07) is 0. The smallest absolute Gasteiger partial charge is 0.126 e. The molecule has 14 heavy (non-hydrogen) atoms. The van der Waals surface area contributed by atoms with Crippen molar-refractivity contribution >= 4 is 11.2 Å². The van der Waals surface area contributed by atoms with Crippen LogP contribution in [0.2, 0.25) is 0 Å². The zero-order valence-electron chi connectivity index (χ0n) is 10.0. The van der Waals surface area contributed by atoms with Crippen LogP contribution in [-0.4, -0.2) is 15.6 Å². The standard InChI is InChI=1S/C12H24OS/c1-5-7-8-9-11(3)10-14(13)12(4)6-2/h9,12H,5-8,10H2,1-4H3/b11-9-. The average Bonchev–Trinajstić information content (AvgIpc) is 2.16. The van der Waals surface area contributed by atoms with Gasteiger partial charge in [0.05, 0.1) is 0 Å². The Bertz CT molecular complexity index is 166. The fraction of sp³-hybridized carbons (Fsp3) is 0.833. The number of hydrogen-bond acceptors (Lipinski definition) is 1. The van der Waals surface area contributed by atoms with Crippen molar-refractivity contribution in [2.45, 2.75) is 58.6 Å². The van der Waals surface area contributed by atoms with Crippen LogP contribution >= 0.6 is 0 Å². The maximum absolute atomic E-state index is 11.7. The first-order valence-electron chi connectivity index (χ1n) is 5.64. The van der Waals surface area contributed by atoms with Crippen molar-refractivity contribution in [3.05, 3.63) is 11.6 Å². The van der Waals surface area contributed by atoms with Crippen LogP contribution < -0.4 is 0 Å². The third-order valence-corrected chi connectivity index (χ3v) is 4.41. The van der Waals surface area contributed by atoms with Crippen LogP contribution in [0.4, 0.5) is 0 Å². The molecule has 0 aliphatic rings. The van der Waals surface area contributed by atoms with E-state index in [1.807, 2.05) is 0 Å². The van der Waals surface area contributed by atoms with Gasteiger partial charge in [-0.2, -0.15) is 0 Å². The van der Waals surface area contributed by atoms with Gasteiger partial charge in [-0.25, -0.2) is 0 Å². The highest BCUT2D eigenvalue weighted by Crippen LogP contribution is 2.11. The summed E-state index contributed by atoms with van der Waals surface area (Å²) in [5.41, 5.74) is 1.29. The molecule has 0 radical (unpaired) electrons. The molecule has 0 amide bonds. The Balaban J connectivity index is 3.79. The molecule has 84 valence electrons. The quantitative estimate of drug-likeness (QED) is 0.362. The van der Waals surface area contributed by atoms with Crippen LogP contribution in [0.1, 0.15) is 53.4 Å². The minimum Gasteiger partial charge on any atom is -0.616 e. The second kappa shape index (κ2) is 8.37. The van der Waals surface area contributed by atoms with E-state index in [4.69, 9.17) is 0 Å². The van der Waals surface area contributed by atoms with Gasteiger partial charge in [-0.3, -0.25) is 0 Å². The van der Waals surface area contributed by atoms with Crippen LogP contribution in [0, 0.1) is 0 Å². The molecule has 0 bridgehead atoms. The molecule has 0 N–H and O–H groups in total. The van der Waals surface area contributed by atoms with E-state index >= 15 is 0 Å². The number of hydrogen-bond donors (Lipinski definition) is 0. The predicted molar refractivity (Wildman–Crippen MR) is 66.0 cm³/mol. The lowest BCUT2D eigenvalue weighted by Gasteiger charge is -2.16. The Morgan fingerprint density at radius 1 is 1.43 bits per heavy atom. The SMILES string of the molecule is CCCC/C=C(/C)C[S+]([O-])C(C)CC. The fourth-order valence-electron chi connectivity index (χ4n) is 1.16. The van der Waals surface area contributed by atoms with Crippen molar-refractivity contribution in [3.8, 4) is 0 Å². The molecule has 0 aromatic heterocycles. The molecule has 0 aliphatic carbocycles. The van der Waals surface area contributed by atoms with Crippen LogP contribution in [0.3, 0.4) is 0 Å². The maximum atomic E-state index is 11.7. The molecule has 0 saturated carbocycles. The Morgan fingerprint density at radius 3 is 2.57 bits per heavy atom. The topological polar surface area (TPSA) is 23.1 Å². The molecule has 0 spiro atoms. The molecule has 0 saturated heterocycles. The van der Waals surface area contributed by atoms with Gasteiger partial charge in [0.25, 0.3) is 0 Å². The lowest BCUT2D eigenvalue weighted by molar-refractivity contribution is 0.582. The highest BCUT2D eigenvalue weighted by Gasteiger charge is 2.14. The molecule has 0 rings (SSSR count). The zero-order chi connectivity index (χ0) is 11.0. The van der Waals surface area contributed by atoms with Crippen molar-refractivity contribution in [2.24, 2.45) is 0 Å². The van der Waals surface area contributed by atoms with Gasteiger partial charge in [-0.15, -0.1) is 0 Å². The summed E-state index contributed by atoms with van der Waals surface area (Å²) in [6.07, 6.45) is 6.87. The molecule has 2 unspecified atom stereocenters. The molecular formula is C12H24OS. The molecule has 2 heteroatoms. The molecular weight excluding hydrogens is 192 g/mol. The molecule has 0 aromatic rings. The third-order valence-electron chi connectivity index (χ3n) is 2.44. The molecule has 0 fully saturated rings. The number of rotatable bonds is 7.